The molecule has 9 heteroatoms. The van der Waals surface area contributed by atoms with Crippen LogP contribution >= 0.6 is 11.6 Å². The Bertz CT molecular complexity index is 1040. The van der Waals surface area contributed by atoms with Crippen molar-refractivity contribution in [2.75, 3.05) is 17.2 Å². The van der Waals surface area contributed by atoms with Crippen LogP contribution < -0.4 is 16.0 Å². The highest BCUT2D eigenvalue weighted by Gasteiger charge is 2.49. The number of ether oxygens (including phenoxy) is 1. The molecule has 0 spiro atoms. The highest BCUT2D eigenvalue weighted by Crippen LogP contribution is 2.42. The Morgan fingerprint density at radius 3 is 2.73 bits per heavy atom. The molecule has 1 amide bonds. The van der Waals surface area contributed by atoms with Gasteiger partial charge in [-0.2, -0.15) is 10.2 Å². The minimum atomic E-state index is -0.547. The third-order valence-corrected chi connectivity index (χ3v) is 6.00. The molecule has 8 nitrogen and oxygen atoms in total. The fourth-order valence-electron chi connectivity index (χ4n) is 3.70. The van der Waals surface area contributed by atoms with Crippen LogP contribution in [0.15, 0.2) is 30.5 Å². The number of anilines is 2. The van der Waals surface area contributed by atoms with E-state index in [4.69, 9.17) is 16.3 Å². The van der Waals surface area contributed by atoms with Crippen molar-refractivity contribution >= 4 is 29.5 Å². The predicted molar refractivity (Wildman–Crippen MR) is 129 cm³/mol. The van der Waals surface area contributed by atoms with E-state index >= 15 is 0 Å². The number of nitriles is 1. The topological polar surface area (TPSA) is 112 Å². The second-order valence-corrected chi connectivity index (χ2v) is 10.3. The molecular formula is C24H31ClN6O2. The van der Waals surface area contributed by atoms with E-state index in [0.29, 0.717) is 35.3 Å². The molecule has 2 atom stereocenters. The number of carbonyl (C=O) groups is 1. The summed E-state index contributed by atoms with van der Waals surface area (Å²) in [5.74, 6) is 0.922. The maximum atomic E-state index is 12.1. The second-order valence-electron chi connectivity index (χ2n) is 9.83. The third kappa shape index (κ3) is 6.48. The summed E-state index contributed by atoms with van der Waals surface area (Å²) in [4.78, 5) is 20.9. The summed E-state index contributed by atoms with van der Waals surface area (Å²) in [5.41, 5.74) is 0.680. The van der Waals surface area contributed by atoms with Gasteiger partial charge in [-0.25, -0.2) is 9.78 Å². The van der Waals surface area contributed by atoms with Crippen molar-refractivity contribution < 1.29 is 9.53 Å². The fourth-order valence-corrected chi connectivity index (χ4v) is 3.91. The molecule has 3 rings (SSSR count). The van der Waals surface area contributed by atoms with Gasteiger partial charge in [0, 0.05) is 29.1 Å². The van der Waals surface area contributed by atoms with Crippen LogP contribution in [0.1, 0.15) is 52.2 Å². The first-order valence-corrected chi connectivity index (χ1v) is 11.4. The van der Waals surface area contributed by atoms with Crippen LogP contribution in [0, 0.1) is 16.7 Å². The Morgan fingerprint density at radius 2 is 2.09 bits per heavy atom. The number of halogens is 1. The molecule has 2 aromatic rings. The Balaban J connectivity index is 1.60. The third-order valence-electron chi connectivity index (χ3n) is 5.76. The lowest BCUT2D eigenvalue weighted by Gasteiger charge is -2.52. The van der Waals surface area contributed by atoms with Gasteiger partial charge in [-0.05, 0) is 51.3 Å². The van der Waals surface area contributed by atoms with E-state index in [9.17, 15) is 10.1 Å². The number of alkyl carbamates (subject to hydrolysis) is 1. The normalized spacial score (nSPS) is 19.1. The van der Waals surface area contributed by atoms with Crippen molar-refractivity contribution in [3.05, 3.63) is 46.6 Å². The highest BCUT2D eigenvalue weighted by atomic mass is 35.5. The van der Waals surface area contributed by atoms with Crippen LogP contribution in [-0.2, 0) is 11.2 Å². The average Bonchev–Trinajstić information content (AvgIpc) is 2.72. The number of hydrogen-bond acceptors (Lipinski definition) is 7. The van der Waals surface area contributed by atoms with Crippen molar-refractivity contribution in [3.63, 3.8) is 0 Å². The molecular weight excluding hydrogens is 440 g/mol. The molecule has 1 saturated carbocycles. The number of carbonyl (C=O) groups excluding carboxylic acids is 1. The molecule has 1 aliphatic carbocycles. The summed E-state index contributed by atoms with van der Waals surface area (Å²) >= 11 is 6.04. The van der Waals surface area contributed by atoms with Crippen LogP contribution in [0.3, 0.4) is 0 Å². The standard InChI is InChI=1S/C24H31ClN6O2/c1-23(2,3)33-22(32)30-19-12-18(24(19,4)5)29-20-16(13-26)14-28-21(31-20)27-10-9-15-7-6-8-17(25)11-15/h6-8,11,14,18-19H,9-10,12H2,1-5H3,(H,30,32)(H2,27,28,29,31)/t18-,19+/m0/s1. The number of nitrogens with one attached hydrogen (secondary N) is 3. The SMILES string of the molecule is CC(C)(C)OC(=O)N[C@@H]1C[C@H](Nc2nc(NCCc3cccc(Cl)c3)ncc2C#N)C1(C)C. The van der Waals surface area contributed by atoms with E-state index < -0.39 is 11.7 Å². The molecule has 0 radical (unpaired) electrons. The van der Waals surface area contributed by atoms with Gasteiger partial charge in [0.25, 0.3) is 0 Å². The zero-order valence-corrected chi connectivity index (χ0v) is 20.5. The number of hydrogen-bond donors (Lipinski definition) is 3. The summed E-state index contributed by atoms with van der Waals surface area (Å²) < 4.78 is 5.37. The van der Waals surface area contributed by atoms with E-state index in [-0.39, 0.29) is 17.5 Å². The van der Waals surface area contributed by atoms with Gasteiger partial charge in [-0.15, -0.1) is 0 Å². The van der Waals surface area contributed by atoms with Crippen molar-refractivity contribution in [2.45, 2.75) is 65.1 Å². The predicted octanol–water partition coefficient (Wildman–Crippen LogP) is 4.76. The fraction of sp³-hybridized carbons (Fsp3) is 0.500. The van der Waals surface area contributed by atoms with Crippen molar-refractivity contribution in [1.82, 2.24) is 15.3 Å². The Kier molecular flexibility index (Phi) is 7.33. The number of nitrogens with zero attached hydrogens (tertiary/aromatic N) is 3. The van der Waals surface area contributed by atoms with Gasteiger partial charge < -0.3 is 20.7 Å². The molecule has 0 unspecified atom stereocenters. The number of aromatic nitrogens is 2. The van der Waals surface area contributed by atoms with Gasteiger partial charge in [-0.1, -0.05) is 37.6 Å². The van der Waals surface area contributed by atoms with Crippen molar-refractivity contribution in [2.24, 2.45) is 5.41 Å². The van der Waals surface area contributed by atoms with Gasteiger partial charge in [0.05, 0.1) is 6.20 Å². The van der Waals surface area contributed by atoms with Crippen LogP contribution in [0.4, 0.5) is 16.6 Å². The summed E-state index contributed by atoms with van der Waals surface area (Å²) in [7, 11) is 0. The molecule has 0 bridgehead atoms. The summed E-state index contributed by atoms with van der Waals surface area (Å²) in [6, 6.07) is 9.82. The largest absolute Gasteiger partial charge is 0.444 e. The van der Waals surface area contributed by atoms with E-state index in [1.807, 2.05) is 45.0 Å². The quantitative estimate of drug-likeness (QED) is 0.534. The van der Waals surface area contributed by atoms with E-state index in [1.54, 1.807) is 0 Å². The monoisotopic (exact) mass is 470 g/mol. The smallest absolute Gasteiger partial charge is 0.407 e. The van der Waals surface area contributed by atoms with E-state index in [2.05, 4.69) is 45.8 Å². The highest BCUT2D eigenvalue weighted by molar-refractivity contribution is 6.30. The lowest BCUT2D eigenvalue weighted by molar-refractivity contribution is 0.0289. The van der Waals surface area contributed by atoms with Crippen LogP contribution in [0.25, 0.3) is 0 Å². The lowest BCUT2D eigenvalue weighted by Crippen LogP contribution is -2.64. The molecule has 176 valence electrons. The molecule has 3 N–H and O–H groups in total. The van der Waals surface area contributed by atoms with Crippen LogP contribution in [-0.4, -0.2) is 40.3 Å². The van der Waals surface area contributed by atoms with Crippen molar-refractivity contribution in [3.8, 4) is 6.07 Å². The van der Waals surface area contributed by atoms with Gasteiger partial charge in [0.15, 0.2) is 0 Å². The minimum Gasteiger partial charge on any atom is -0.444 e. The maximum absolute atomic E-state index is 12.1. The zero-order valence-electron chi connectivity index (χ0n) is 19.7. The molecule has 1 fully saturated rings. The van der Waals surface area contributed by atoms with Gasteiger partial charge in [-0.3, -0.25) is 0 Å². The Hall–Kier alpha value is -3.05. The molecule has 1 aromatic heterocycles. The minimum absolute atomic E-state index is 0.0266. The zero-order chi connectivity index (χ0) is 24.2. The number of amides is 1. The molecule has 1 heterocycles. The van der Waals surface area contributed by atoms with Gasteiger partial charge in [0.2, 0.25) is 5.95 Å². The van der Waals surface area contributed by atoms with Gasteiger partial charge in [0.1, 0.15) is 23.1 Å². The van der Waals surface area contributed by atoms with Crippen molar-refractivity contribution in [1.29, 1.82) is 5.26 Å². The van der Waals surface area contributed by atoms with Crippen LogP contribution in [0.5, 0.6) is 0 Å². The lowest BCUT2D eigenvalue weighted by atomic mass is 9.63. The first-order valence-electron chi connectivity index (χ1n) is 11.0. The first-order chi connectivity index (χ1) is 15.5. The Morgan fingerprint density at radius 1 is 1.33 bits per heavy atom. The first kappa shape index (κ1) is 24.6. The van der Waals surface area contributed by atoms with Gasteiger partial charge >= 0.3 is 6.09 Å². The second kappa shape index (κ2) is 9.84. The van der Waals surface area contributed by atoms with E-state index in [0.717, 1.165) is 12.0 Å². The molecule has 1 aliphatic rings. The molecule has 1 aromatic carbocycles. The average molecular weight is 471 g/mol. The van der Waals surface area contributed by atoms with E-state index in [1.165, 1.54) is 6.20 Å². The molecule has 33 heavy (non-hydrogen) atoms. The summed E-state index contributed by atoms with van der Waals surface area (Å²) in [5, 5.41) is 19.7. The summed E-state index contributed by atoms with van der Waals surface area (Å²) in [6.45, 7) is 10.3. The maximum Gasteiger partial charge on any atom is 0.407 e. The summed E-state index contributed by atoms with van der Waals surface area (Å²) in [6.07, 6.45) is 2.54. The van der Waals surface area contributed by atoms with Crippen LogP contribution in [0.2, 0.25) is 5.02 Å². The number of rotatable bonds is 7. The molecule has 0 saturated heterocycles. The number of benzene rings is 1. The molecule has 0 aliphatic heterocycles. The Labute approximate surface area is 200 Å².